The van der Waals surface area contributed by atoms with Gasteiger partial charge in [0.2, 0.25) is 0 Å². The zero-order chi connectivity index (χ0) is 38.2. The van der Waals surface area contributed by atoms with Crippen molar-refractivity contribution in [2.75, 3.05) is 0 Å². The SMILES string of the molecule is c1ccc(-c2cccc(-c3cc(-c4nc(-c5ccc6ccccc6c5)nc(-c5ccc6sc7ccccc7c6c5)n4)c4c(c3)oc3cc5ccccc5cc34)c2)cc1. The highest BCUT2D eigenvalue weighted by Crippen LogP contribution is 2.42. The quantitative estimate of drug-likeness (QED) is 0.175. The highest BCUT2D eigenvalue weighted by Gasteiger charge is 2.21. The molecule has 0 N–H and O–H groups in total. The number of hydrogen-bond acceptors (Lipinski definition) is 5. The molecule has 9 aromatic carbocycles. The smallest absolute Gasteiger partial charge is 0.164 e. The fourth-order valence-electron chi connectivity index (χ4n) is 8.39. The van der Waals surface area contributed by atoms with Gasteiger partial charge in [0.15, 0.2) is 17.5 Å². The summed E-state index contributed by atoms with van der Waals surface area (Å²) in [6.45, 7) is 0. The molecule has 0 bridgehead atoms. The van der Waals surface area contributed by atoms with E-state index >= 15 is 0 Å². The molecule has 0 unspecified atom stereocenters. The Hall–Kier alpha value is -7.47. The molecule has 3 heterocycles. The van der Waals surface area contributed by atoms with Crippen LogP contribution in [0.1, 0.15) is 0 Å². The topological polar surface area (TPSA) is 51.8 Å². The molecular weight excluding hydrogens is 727 g/mol. The van der Waals surface area contributed by atoms with E-state index in [9.17, 15) is 0 Å². The summed E-state index contributed by atoms with van der Waals surface area (Å²) in [4.78, 5) is 15.9. The van der Waals surface area contributed by atoms with E-state index in [1.807, 2.05) is 6.07 Å². The molecule has 0 amide bonds. The lowest BCUT2D eigenvalue weighted by Gasteiger charge is -2.12. The zero-order valence-corrected chi connectivity index (χ0v) is 31.9. The average Bonchev–Trinajstić information content (AvgIpc) is 3.85. The van der Waals surface area contributed by atoms with Gasteiger partial charge in [0.25, 0.3) is 0 Å². The molecule has 0 aliphatic heterocycles. The Bertz CT molecular complexity index is 3590. The van der Waals surface area contributed by atoms with Gasteiger partial charge in [-0.25, -0.2) is 15.0 Å². The Morgan fingerprint density at radius 1 is 0.328 bits per heavy atom. The molecule has 0 radical (unpaired) electrons. The number of thiophene rings is 1. The van der Waals surface area contributed by atoms with Gasteiger partial charge in [0.1, 0.15) is 11.2 Å². The Balaban J connectivity index is 1.14. The Morgan fingerprint density at radius 3 is 1.78 bits per heavy atom. The van der Waals surface area contributed by atoms with Gasteiger partial charge >= 0.3 is 0 Å². The van der Waals surface area contributed by atoms with Crippen molar-refractivity contribution >= 4 is 75.0 Å². The number of furan rings is 1. The van der Waals surface area contributed by atoms with Gasteiger partial charge in [-0.05, 0) is 104 Å². The Labute approximate surface area is 337 Å². The molecule has 0 saturated heterocycles. The first-order chi connectivity index (χ1) is 28.7. The van der Waals surface area contributed by atoms with Gasteiger partial charge in [-0.2, -0.15) is 0 Å². The maximum atomic E-state index is 6.79. The lowest BCUT2D eigenvalue weighted by Crippen LogP contribution is -2.01. The monoisotopic (exact) mass is 757 g/mol. The third kappa shape index (κ3) is 5.47. The zero-order valence-electron chi connectivity index (χ0n) is 31.1. The summed E-state index contributed by atoms with van der Waals surface area (Å²) < 4.78 is 9.28. The molecule has 0 fully saturated rings. The maximum absolute atomic E-state index is 6.79. The molecular formula is C53H31N3OS. The predicted molar refractivity (Wildman–Crippen MR) is 242 cm³/mol. The molecule has 5 heteroatoms. The van der Waals surface area contributed by atoms with E-state index in [0.29, 0.717) is 17.5 Å². The summed E-state index contributed by atoms with van der Waals surface area (Å²) >= 11 is 1.81. The molecule has 0 aliphatic rings. The summed E-state index contributed by atoms with van der Waals surface area (Å²) in [6, 6.07) is 66.4. The highest BCUT2D eigenvalue weighted by molar-refractivity contribution is 7.25. The lowest BCUT2D eigenvalue weighted by atomic mass is 9.95. The van der Waals surface area contributed by atoms with Crippen molar-refractivity contribution in [2.24, 2.45) is 0 Å². The van der Waals surface area contributed by atoms with Gasteiger partial charge in [-0.15, -0.1) is 11.3 Å². The number of fused-ring (bicyclic) bond motifs is 8. The minimum absolute atomic E-state index is 0.588. The minimum atomic E-state index is 0.588. The molecule has 0 atom stereocenters. The van der Waals surface area contributed by atoms with Crippen molar-refractivity contribution in [1.82, 2.24) is 15.0 Å². The summed E-state index contributed by atoms with van der Waals surface area (Å²) in [5.74, 6) is 1.82. The first-order valence-electron chi connectivity index (χ1n) is 19.4. The van der Waals surface area contributed by atoms with Crippen LogP contribution in [0.25, 0.3) is 120 Å². The van der Waals surface area contributed by atoms with Crippen molar-refractivity contribution < 1.29 is 4.42 Å². The van der Waals surface area contributed by atoms with E-state index in [2.05, 4.69) is 182 Å². The van der Waals surface area contributed by atoms with Crippen LogP contribution in [0.15, 0.2) is 192 Å². The Morgan fingerprint density at radius 2 is 0.948 bits per heavy atom. The van der Waals surface area contributed by atoms with Crippen LogP contribution in [0.3, 0.4) is 0 Å². The van der Waals surface area contributed by atoms with Gasteiger partial charge in [0, 0.05) is 47.6 Å². The van der Waals surface area contributed by atoms with Crippen LogP contribution in [0, 0.1) is 0 Å². The first-order valence-corrected chi connectivity index (χ1v) is 20.2. The predicted octanol–water partition coefficient (Wildman–Crippen LogP) is 14.8. The third-order valence-corrected chi connectivity index (χ3v) is 12.4. The summed E-state index contributed by atoms with van der Waals surface area (Å²) in [7, 11) is 0. The third-order valence-electron chi connectivity index (χ3n) is 11.3. The number of rotatable bonds is 5. The number of nitrogens with zero attached hydrogens (tertiary/aromatic N) is 3. The maximum Gasteiger partial charge on any atom is 0.164 e. The van der Waals surface area contributed by atoms with E-state index in [0.717, 1.165) is 71.5 Å². The van der Waals surface area contributed by atoms with E-state index < -0.39 is 0 Å². The van der Waals surface area contributed by atoms with Crippen molar-refractivity contribution in [3.8, 4) is 56.4 Å². The van der Waals surface area contributed by atoms with Crippen molar-refractivity contribution in [2.45, 2.75) is 0 Å². The highest BCUT2D eigenvalue weighted by atomic mass is 32.1. The van der Waals surface area contributed by atoms with Gasteiger partial charge in [-0.3, -0.25) is 0 Å². The van der Waals surface area contributed by atoms with Crippen molar-refractivity contribution in [3.05, 3.63) is 188 Å². The second kappa shape index (κ2) is 13.1. The van der Waals surface area contributed by atoms with Crippen LogP contribution in [-0.4, -0.2) is 15.0 Å². The van der Waals surface area contributed by atoms with Gasteiger partial charge < -0.3 is 4.42 Å². The van der Waals surface area contributed by atoms with Crippen LogP contribution in [0.2, 0.25) is 0 Å². The minimum Gasteiger partial charge on any atom is -0.456 e. The summed E-state index contributed by atoms with van der Waals surface area (Å²) in [5.41, 5.74) is 8.76. The average molecular weight is 758 g/mol. The van der Waals surface area contributed by atoms with Crippen LogP contribution < -0.4 is 0 Å². The van der Waals surface area contributed by atoms with E-state index in [1.165, 1.54) is 31.1 Å². The van der Waals surface area contributed by atoms with Crippen LogP contribution in [-0.2, 0) is 0 Å². The van der Waals surface area contributed by atoms with Crippen LogP contribution in [0.5, 0.6) is 0 Å². The standard InChI is InChI=1S/C53H31N3OS/c1-2-11-32(12-3-1)35-17-10-18-36(25-35)41-29-45(50-44-27-37-15-6-7-16-38(37)30-46(44)57-47(50)31-41)53-55-51(39-22-21-33-13-4-5-14-34(33)26-39)54-52(56-53)40-23-24-49-43(28-40)42-19-8-9-20-48(42)58-49/h1-31H. The van der Waals surface area contributed by atoms with Gasteiger partial charge in [-0.1, -0.05) is 127 Å². The van der Waals surface area contributed by atoms with Crippen molar-refractivity contribution in [3.63, 3.8) is 0 Å². The van der Waals surface area contributed by atoms with E-state index in [1.54, 1.807) is 11.3 Å². The molecule has 0 spiro atoms. The number of aromatic nitrogens is 3. The van der Waals surface area contributed by atoms with E-state index in [-0.39, 0.29) is 0 Å². The van der Waals surface area contributed by atoms with E-state index in [4.69, 9.17) is 19.4 Å². The molecule has 12 rings (SSSR count). The normalized spacial score (nSPS) is 11.8. The van der Waals surface area contributed by atoms with Crippen LogP contribution in [0.4, 0.5) is 0 Å². The second-order valence-corrected chi connectivity index (χ2v) is 15.9. The summed E-state index contributed by atoms with van der Waals surface area (Å²) in [6.07, 6.45) is 0. The molecule has 3 aromatic heterocycles. The molecule has 12 aromatic rings. The molecule has 0 saturated carbocycles. The molecule has 4 nitrogen and oxygen atoms in total. The number of benzene rings is 9. The van der Waals surface area contributed by atoms with Crippen molar-refractivity contribution in [1.29, 1.82) is 0 Å². The fraction of sp³-hybridized carbons (Fsp3) is 0. The lowest BCUT2D eigenvalue weighted by molar-refractivity contribution is 0.669. The molecule has 58 heavy (non-hydrogen) atoms. The summed E-state index contributed by atoms with van der Waals surface area (Å²) in [5, 5.41) is 9.00. The number of hydrogen-bond donors (Lipinski definition) is 0. The van der Waals surface area contributed by atoms with Crippen LogP contribution >= 0.6 is 11.3 Å². The fourth-order valence-corrected chi connectivity index (χ4v) is 9.48. The van der Waals surface area contributed by atoms with Gasteiger partial charge in [0.05, 0.1) is 0 Å². The first kappa shape index (κ1) is 32.7. The Kier molecular flexibility index (Phi) is 7.37. The second-order valence-electron chi connectivity index (χ2n) is 14.8. The molecule has 0 aliphatic carbocycles. The molecule has 270 valence electrons. The largest absolute Gasteiger partial charge is 0.456 e.